The number of amides is 1. The number of fused-ring (bicyclic) bond motifs is 1. The smallest absolute Gasteiger partial charge is 0.234 e. The average Bonchev–Trinajstić information content (AvgIpc) is 3.44. The zero-order valence-electron chi connectivity index (χ0n) is 25.6. The van der Waals surface area contributed by atoms with Crippen LogP contribution in [-0.4, -0.2) is 21.1 Å². The van der Waals surface area contributed by atoms with Crippen LogP contribution in [0.4, 0.5) is 5.69 Å². The highest BCUT2D eigenvalue weighted by molar-refractivity contribution is 5.98. The maximum absolute atomic E-state index is 14.2. The van der Waals surface area contributed by atoms with E-state index in [0.717, 1.165) is 60.3 Å². The second kappa shape index (κ2) is 15.7. The molecule has 1 aromatic carbocycles. The van der Waals surface area contributed by atoms with E-state index in [0.29, 0.717) is 18.2 Å². The molecule has 1 unspecified atom stereocenters. The van der Waals surface area contributed by atoms with Crippen molar-refractivity contribution in [2.24, 2.45) is 0 Å². The first-order valence-electron chi connectivity index (χ1n) is 16.1. The number of unbranched alkanes of at least 4 members (excludes halogenated alkanes) is 9. The molecule has 4 rings (SSSR count). The number of nitrogens with zero attached hydrogens (tertiary/aromatic N) is 3. The van der Waals surface area contributed by atoms with Gasteiger partial charge in [-0.2, -0.15) is 5.10 Å². The number of carbonyl (C=O) groups excluding carboxylic acids is 1. The first kappa shape index (κ1) is 30.8. The number of hydrogen-bond donors (Lipinski definition) is 2. The molecule has 0 radical (unpaired) electrons. The normalized spacial score (nSPS) is 14.8. The molecular formula is C35H51N4O2+. The van der Waals surface area contributed by atoms with Crippen LogP contribution in [0.15, 0.2) is 48.9 Å². The number of H-pyrrole nitrogens is 1. The summed E-state index contributed by atoms with van der Waals surface area (Å²) in [6.45, 7) is 7.97. The van der Waals surface area contributed by atoms with Gasteiger partial charge < -0.3 is 10.0 Å². The molecule has 0 saturated carbocycles. The van der Waals surface area contributed by atoms with Crippen LogP contribution in [0.3, 0.4) is 0 Å². The molecule has 0 fully saturated rings. The van der Waals surface area contributed by atoms with E-state index in [1.807, 2.05) is 41.6 Å². The number of aryl methyl sites for hydroxylation is 1. The van der Waals surface area contributed by atoms with Crippen LogP contribution in [-0.2, 0) is 24.3 Å². The molecule has 0 spiro atoms. The molecule has 6 nitrogen and oxygen atoms in total. The molecule has 1 aliphatic carbocycles. The highest BCUT2D eigenvalue weighted by Crippen LogP contribution is 2.38. The lowest BCUT2D eigenvalue weighted by Gasteiger charge is -2.31. The van der Waals surface area contributed by atoms with E-state index in [-0.39, 0.29) is 11.8 Å². The number of aromatic amines is 1. The predicted molar refractivity (Wildman–Crippen MR) is 166 cm³/mol. The Hall–Kier alpha value is -3.15. The minimum absolute atomic E-state index is 0.0677. The van der Waals surface area contributed by atoms with E-state index in [9.17, 15) is 9.90 Å². The van der Waals surface area contributed by atoms with Crippen LogP contribution >= 0.6 is 0 Å². The van der Waals surface area contributed by atoms with Crippen molar-refractivity contribution in [2.75, 3.05) is 4.90 Å². The van der Waals surface area contributed by atoms with Gasteiger partial charge in [0.15, 0.2) is 12.7 Å². The summed E-state index contributed by atoms with van der Waals surface area (Å²) in [4.78, 5) is 20.7. The summed E-state index contributed by atoms with van der Waals surface area (Å²) in [6, 6.07) is 9.64. The largest absolute Gasteiger partial charge is 0.508 e. The van der Waals surface area contributed by atoms with Crippen LogP contribution in [0.1, 0.15) is 132 Å². The molecule has 222 valence electrons. The second-order valence-corrected chi connectivity index (χ2v) is 12.2. The maximum Gasteiger partial charge on any atom is 0.234 e. The summed E-state index contributed by atoms with van der Waals surface area (Å²) in [6.07, 6.45) is 21.8. The summed E-state index contributed by atoms with van der Waals surface area (Å²) in [5.41, 5.74) is 4.79. The molecule has 0 aliphatic heterocycles. The predicted octanol–water partition coefficient (Wildman–Crippen LogP) is 8.10. The number of nitrogens with one attached hydrogen (secondary N) is 1. The Morgan fingerprint density at radius 3 is 2.46 bits per heavy atom. The first-order valence-corrected chi connectivity index (χ1v) is 16.1. The maximum atomic E-state index is 14.2. The van der Waals surface area contributed by atoms with Gasteiger partial charge in [-0.25, -0.2) is 0 Å². The number of rotatable bonds is 16. The molecule has 2 aromatic heterocycles. The zero-order valence-corrected chi connectivity index (χ0v) is 25.6. The van der Waals surface area contributed by atoms with Crippen molar-refractivity contribution in [2.45, 2.75) is 129 Å². The van der Waals surface area contributed by atoms with Gasteiger partial charge in [0, 0.05) is 12.1 Å². The number of anilines is 1. The van der Waals surface area contributed by atoms with Crippen molar-refractivity contribution in [1.29, 1.82) is 0 Å². The van der Waals surface area contributed by atoms with E-state index < -0.39 is 0 Å². The fourth-order valence-corrected chi connectivity index (χ4v) is 6.08. The number of aromatic hydroxyl groups is 1. The number of aromatic nitrogens is 3. The van der Waals surface area contributed by atoms with Crippen molar-refractivity contribution in [3.8, 4) is 5.75 Å². The number of phenols is 1. The third-order valence-corrected chi connectivity index (χ3v) is 8.55. The quantitative estimate of drug-likeness (QED) is 0.138. The Labute approximate surface area is 247 Å². The third-order valence-electron chi connectivity index (χ3n) is 8.55. The Balaban J connectivity index is 1.39. The number of carbonyl (C=O) groups is 1. The van der Waals surface area contributed by atoms with Gasteiger partial charge in [-0.05, 0) is 60.9 Å². The van der Waals surface area contributed by atoms with E-state index in [1.54, 1.807) is 6.07 Å². The minimum Gasteiger partial charge on any atom is -0.508 e. The highest BCUT2D eigenvalue weighted by Gasteiger charge is 2.32. The van der Waals surface area contributed by atoms with E-state index in [4.69, 9.17) is 0 Å². The van der Waals surface area contributed by atoms with E-state index in [1.165, 1.54) is 57.8 Å². The number of hydrogen-bond acceptors (Lipinski definition) is 3. The lowest BCUT2D eigenvalue weighted by molar-refractivity contribution is -0.750. The van der Waals surface area contributed by atoms with Gasteiger partial charge in [0.2, 0.25) is 5.91 Å². The molecule has 1 atom stereocenters. The van der Waals surface area contributed by atoms with Gasteiger partial charge in [0.1, 0.15) is 5.75 Å². The summed E-state index contributed by atoms with van der Waals surface area (Å²) in [5, 5.41) is 13.9. The third kappa shape index (κ3) is 8.67. The van der Waals surface area contributed by atoms with Crippen molar-refractivity contribution < 1.29 is 14.6 Å². The van der Waals surface area contributed by atoms with Gasteiger partial charge >= 0.3 is 0 Å². The van der Waals surface area contributed by atoms with Gasteiger partial charge in [-0.3, -0.25) is 9.78 Å². The van der Waals surface area contributed by atoms with Crippen molar-refractivity contribution in [1.82, 2.24) is 10.1 Å². The van der Waals surface area contributed by atoms with Crippen molar-refractivity contribution in [3.05, 3.63) is 71.3 Å². The van der Waals surface area contributed by atoms with Crippen molar-refractivity contribution in [3.63, 3.8) is 0 Å². The number of benzene rings is 1. The first-order chi connectivity index (χ1) is 20.0. The van der Waals surface area contributed by atoms with E-state index in [2.05, 4.69) is 41.7 Å². The molecule has 2 heterocycles. The molecular weight excluding hydrogens is 508 g/mol. The van der Waals surface area contributed by atoms with Crippen LogP contribution in [0.2, 0.25) is 0 Å². The Bertz CT molecular complexity index is 1220. The standard InChI is InChI=1S/C35H50N4O2/c1-4-5-6-7-8-9-10-11-12-13-22-38-25-28(23-37-38)26-39(29-20-21-33(27(2)3)36-24-29)35(41)32-18-14-17-31-30(32)16-15-19-34(31)40/h15-16,19-21,23-25,27,32,40H,4-14,17-18,22,26H2,1-3H3/p+1. The van der Waals surface area contributed by atoms with Gasteiger partial charge in [0.05, 0.1) is 36.1 Å². The van der Waals surface area contributed by atoms with Crippen LogP contribution in [0.5, 0.6) is 5.75 Å². The molecule has 1 aliphatic rings. The Morgan fingerprint density at radius 2 is 1.78 bits per heavy atom. The molecule has 1 amide bonds. The van der Waals surface area contributed by atoms with Gasteiger partial charge in [0.25, 0.3) is 0 Å². The van der Waals surface area contributed by atoms with Crippen molar-refractivity contribution >= 4 is 11.6 Å². The lowest BCUT2D eigenvalue weighted by atomic mass is 9.81. The van der Waals surface area contributed by atoms with Crippen LogP contribution in [0.25, 0.3) is 0 Å². The molecule has 3 aromatic rings. The topological polar surface area (TPSA) is 73.1 Å². The second-order valence-electron chi connectivity index (χ2n) is 12.2. The Morgan fingerprint density at radius 1 is 1.05 bits per heavy atom. The summed E-state index contributed by atoms with van der Waals surface area (Å²) in [7, 11) is 0. The molecule has 0 bridgehead atoms. The summed E-state index contributed by atoms with van der Waals surface area (Å²) in [5.74, 6) is 0.426. The minimum atomic E-state index is -0.270. The molecule has 0 saturated heterocycles. The summed E-state index contributed by atoms with van der Waals surface area (Å²) >= 11 is 0. The lowest BCUT2D eigenvalue weighted by Crippen LogP contribution is -2.37. The summed E-state index contributed by atoms with van der Waals surface area (Å²) < 4.78 is 2.15. The Kier molecular flexibility index (Phi) is 11.8. The molecule has 41 heavy (non-hydrogen) atoms. The van der Waals surface area contributed by atoms with E-state index >= 15 is 0 Å². The molecule has 6 heteroatoms. The highest BCUT2D eigenvalue weighted by atomic mass is 16.3. The van der Waals surface area contributed by atoms with Crippen LogP contribution < -0.4 is 9.58 Å². The fraction of sp³-hybridized carbons (Fsp3) is 0.571. The van der Waals surface area contributed by atoms with Crippen LogP contribution in [0, 0.1) is 0 Å². The fourth-order valence-electron chi connectivity index (χ4n) is 6.08. The SMILES string of the molecule is CCCCCCCCCCCC[n+]1cc(CN(C(=O)C2CCCc3c(O)cccc32)c2ccc(C(C)C)nc2)c[nH]1. The average molecular weight is 560 g/mol. The van der Waals surface area contributed by atoms with Gasteiger partial charge in [-0.1, -0.05) is 84.3 Å². The van der Waals surface area contributed by atoms with Gasteiger partial charge in [-0.15, -0.1) is 4.68 Å². The molecule has 2 N–H and O–H groups in total. The number of phenolic OH excluding ortho intramolecular Hbond substituents is 1. The monoisotopic (exact) mass is 559 g/mol. The zero-order chi connectivity index (χ0) is 29.0. The number of pyridine rings is 1.